The molecule has 1 atom stereocenters. The van der Waals surface area contributed by atoms with E-state index < -0.39 is 17.7 Å². The molecule has 3 aromatic rings. The zero-order valence-electron chi connectivity index (χ0n) is 17.3. The van der Waals surface area contributed by atoms with Crippen molar-refractivity contribution in [2.45, 2.75) is 77.1 Å². The third-order valence-electron chi connectivity index (χ3n) is 5.85. The zero-order chi connectivity index (χ0) is 20.9. The van der Waals surface area contributed by atoms with Crippen molar-refractivity contribution in [3.05, 3.63) is 23.5 Å². The van der Waals surface area contributed by atoms with Crippen molar-refractivity contribution < 1.29 is 15.0 Å². The van der Waals surface area contributed by atoms with Gasteiger partial charge in [-0.3, -0.25) is 4.98 Å². The summed E-state index contributed by atoms with van der Waals surface area (Å²) in [6.07, 6.45) is 3.54. The third-order valence-corrected chi connectivity index (χ3v) is 6.76. The van der Waals surface area contributed by atoms with Gasteiger partial charge in [0.25, 0.3) is 0 Å². The van der Waals surface area contributed by atoms with Gasteiger partial charge < -0.3 is 19.7 Å². The summed E-state index contributed by atoms with van der Waals surface area (Å²) in [5, 5.41) is 22.2. The second-order valence-electron chi connectivity index (χ2n) is 8.93. The van der Waals surface area contributed by atoms with Gasteiger partial charge in [-0.2, -0.15) is 0 Å². The van der Waals surface area contributed by atoms with Gasteiger partial charge in [0.05, 0.1) is 21.9 Å². The fourth-order valence-electron chi connectivity index (χ4n) is 4.73. The smallest absolute Gasteiger partial charge is 0.407 e. The first-order chi connectivity index (χ1) is 13.7. The number of amides is 1. The van der Waals surface area contributed by atoms with E-state index >= 15 is 0 Å². The summed E-state index contributed by atoms with van der Waals surface area (Å²) in [7, 11) is 0. The van der Waals surface area contributed by atoms with Gasteiger partial charge in [-0.05, 0) is 64.8 Å². The summed E-state index contributed by atoms with van der Waals surface area (Å²) < 4.78 is 3.28. The zero-order valence-corrected chi connectivity index (χ0v) is 18.1. The Labute approximate surface area is 174 Å². The molecule has 1 saturated carbocycles. The van der Waals surface area contributed by atoms with E-state index in [0.717, 1.165) is 46.9 Å². The summed E-state index contributed by atoms with van der Waals surface area (Å²) in [4.78, 5) is 22.6. The van der Waals surface area contributed by atoms with Gasteiger partial charge in [-0.25, -0.2) is 9.78 Å². The van der Waals surface area contributed by atoms with E-state index in [2.05, 4.69) is 9.55 Å². The number of nitrogens with zero attached hydrogens (tertiary/aromatic N) is 4. The highest BCUT2D eigenvalue weighted by Crippen LogP contribution is 2.39. The number of aliphatic hydroxyl groups is 1. The molecule has 0 saturated heterocycles. The molecule has 29 heavy (non-hydrogen) atoms. The molecule has 7 nitrogen and oxygen atoms in total. The highest BCUT2D eigenvalue weighted by atomic mass is 32.1. The molecule has 1 aliphatic rings. The maximum Gasteiger partial charge on any atom is 0.407 e. The molecule has 3 heterocycles. The van der Waals surface area contributed by atoms with Crippen LogP contribution in [-0.4, -0.2) is 47.3 Å². The van der Waals surface area contributed by atoms with Crippen molar-refractivity contribution in [2.24, 2.45) is 0 Å². The van der Waals surface area contributed by atoms with Crippen LogP contribution in [0.2, 0.25) is 0 Å². The fourth-order valence-corrected chi connectivity index (χ4v) is 5.61. The van der Waals surface area contributed by atoms with Crippen molar-refractivity contribution in [3.63, 3.8) is 0 Å². The van der Waals surface area contributed by atoms with E-state index in [1.165, 1.54) is 0 Å². The van der Waals surface area contributed by atoms with Gasteiger partial charge >= 0.3 is 6.09 Å². The van der Waals surface area contributed by atoms with E-state index in [1.54, 1.807) is 29.4 Å². The van der Waals surface area contributed by atoms with Crippen LogP contribution in [0.25, 0.3) is 21.3 Å². The second-order valence-corrected chi connectivity index (χ2v) is 9.84. The van der Waals surface area contributed by atoms with Gasteiger partial charge in [0.15, 0.2) is 0 Å². The number of carboxylic acid groups (broad SMARTS) is 1. The summed E-state index contributed by atoms with van der Waals surface area (Å²) >= 11 is 1.64. The number of hydrogen-bond donors (Lipinski definition) is 2. The Bertz CT molecular complexity index is 1040. The monoisotopic (exact) mass is 416 g/mol. The molecule has 0 aliphatic heterocycles. The molecule has 8 heteroatoms. The summed E-state index contributed by atoms with van der Waals surface area (Å²) in [6, 6.07) is 2.20. The number of imidazole rings is 1. The number of aliphatic hydroxyl groups excluding tert-OH is 1. The number of fused-ring (bicyclic) bond motifs is 3. The highest BCUT2D eigenvalue weighted by Gasteiger charge is 2.37. The summed E-state index contributed by atoms with van der Waals surface area (Å²) in [5.41, 5.74) is 2.36. The van der Waals surface area contributed by atoms with Gasteiger partial charge in [0.2, 0.25) is 0 Å². The van der Waals surface area contributed by atoms with E-state index in [1.807, 2.05) is 32.2 Å². The van der Waals surface area contributed by atoms with E-state index in [9.17, 15) is 15.0 Å². The fraction of sp³-hybridized carbons (Fsp3) is 0.571. The lowest BCUT2D eigenvalue weighted by molar-refractivity contribution is 0.0508. The van der Waals surface area contributed by atoms with E-state index in [-0.39, 0.29) is 12.1 Å². The van der Waals surface area contributed by atoms with Crippen LogP contribution in [0.1, 0.15) is 71.3 Å². The Morgan fingerprint density at radius 1 is 1.28 bits per heavy atom. The molecule has 2 N–H and O–H groups in total. The number of carbonyl (C=O) groups is 1. The second kappa shape index (κ2) is 7.25. The lowest BCUT2D eigenvalue weighted by Gasteiger charge is -2.43. The van der Waals surface area contributed by atoms with Crippen LogP contribution in [0.3, 0.4) is 0 Å². The Morgan fingerprint density at radius 2 is 1.97 bits per heavy atom. The molecule has 1 fully saturated rings. The lowest BCUT2D eigenvalue weighted by atomic mass is 9.87. The normalized spacial score (nSPS) is 21.6. The maximum atomic E-state index is 11.9. The third kappa shape index (κ3) is 3.48. The lowest BCUT2D eigenvalue weighted by Crippen LogP contribution is -2.52. The first-order valence-electron chi connectivity index (χ1n) is 10.1. The molecule has 4 rings (SSSR count). The van der Waals surface area contributed by atoms with Crippen LogP contribution >= 0.6 is 11.3 Å². The predicted octanol–water partition coefficient (Wildman–Crippen LogP) is 4.96. The minimum atomic E-state index is -0.856. The minimum absolute atomic E-state index is 0.0111. The van der Waals surface area contributed by atoms with Gasteiger partial charge in [-0.1, -0.05) is 0 Å². The van der Waals surface area contributed by atoms with E-state index in [0.29, 0.717) is 5.82 Å². The van der Waals surface area contributed by atoms with Crippen LogP contribution in [0.5, 0.6) is 0 Å². The van der Waals surface area contributed by atoms with Gasteiger partial charge in [0.1, 0.15) is 17.4 Å². The Kier molecular flexibility index (Phi) is 5.02. The molecule has 1 aliphatic carbocycles. The number of pyridine rings is 1. The van der Waals surface area contributed by atoms with Gasteiger partial charge in [0, 0.05) is 17.6 Å². The van der Waals surface area contributed by atoms with Crippen molar-refractivity contribution in [2.75, 3.05) is 0 Å². The molecule has 1 amide bonds. The number of rotatable bonds is 3. The summed E-state index contributed by atoms with van der Waals surface area (Å²) in [6.45, 7) is 7.59. The quantitative estimate of drug-likeness (QED) is 0.629. The molecular weight excluding hydrogens is 388 g/mol. The topological polar surface area (TPSA) is 91.5 Å². The highest BCUT2D eigenvalue weighted by molar-refractivity contribution is 7.18. The molecule has 156 valence electrons. The molecule has 0 radical (unpaired) electrons. The van der Waals surface area contributed by atoms with Crippen molar-refractivity contribution >= 4 is 38.7 Å². The Hall–Kier alpha value is -2.19. The first kappa shape index (κ1) is 20.1. The predicted molar refractivity (Wildman–Crippen MR) is 114 cm³/mol. The molecule has 0 aromatic carbocycles. The standard InChI is InChI=1S/C21H28N4O3S/c1-12(26)19-23-16-11-22-15-9-10-29-18(15)17(16)24(19)13-5-7-14(8-6-13)25(20(27)28)21(2,3)4/h9-14,26H,5-8H2,1-4H3,(H,27,28)/t12-,13?,14?/m1/s1. The van der Waals surface area contributed by atoms with Crippen LogP contribution in [0.4, 0.5) is 4.79 Å². The van der Waals surface area contributed by atoms with Crippen molar-refractivity contribution in [3.8, 4) is 0 Å². The average molecular weight is 417 g/mol. The minimum Gasteiger partial charge on any atom is -0.465 e. The Morgan fingerprint density at radius 3 is 2.55 bits per heavy atom. The van der Waals surface area contributed by atoms with Crippen LogP contribution in [0.15, 0.2) is 17.6 Å². The SMILES string of the molecule is C[C@@H](O)c1nc2cnc3ccsc3c2n1C1CCC(N(C(=O)O)C(C)(C)C)CC1. The Balaban J connectivity index is 1.70. The molecular formula is C21H28N4O3S. The van der Waals surface area contributed by atoms with Crippen molar-refractivity contribution in [1.29, 1.82) is 0 Å². The largest absolute Gasteiger partial charge is 0.465 e. The first-order valence-corrected chi connectivity index (χ1v) is 11.0. The number of thiophene rings is 1. The summed E-state index contributed by atoms with van der Waals surface area (Å²) in [5.74, 6) is 0.664. The molecule has 0 spiro atoms. The van der Waals surface area contributed by atoms with Crippen LogP contribution in [-0.2, 0) is 0 Å². The van der Waals surface area contributed by atoms with Crippen LogP contribution < -0.4 is 0 Å². The van der Waals surface area contributed by atoms with Gasteiger partial charge in [-0.15, -0.1) is 11.3 Å². The van der Waals surface area contributed by atoms with Crippen molar-refractivity contribution in [1.82, 2.24) is 19.4 Å². The molecule has 3 aromatic heterocycles. The number of hydrogen-bond acceptors (Lipinski definition) is 5. The van der Waals surface area contributed by atoms with E-state index in [4.69, 9.17) is 4.98 Å². The average Bonchev–Trinajstić information content (AvgIpc) is 3.24. The molecule has 0 bridgehead atoms. The maximum absolute atomic E-state index is 11.9. The molecule has 0 unspecified atom stereocenters. The van der Waals surface area contributed by atoms with Crippen LogP contribution in [0, 0.1) is 0 Å². The number of aromatic nitrogens is 3.